The summed E-state index contributed by atoms with van der Waals surface area (Å²) < 4.78 is 18.4. The third kappa shape index (κ3) is 3.78. The van der Waals surface area contributed by atoms with Gasteiger partial charge in [-0.1, -0.05) is 19.1 Å². The molecule has 0 saturated carbocycles. The van der Waals surface area contributed by atoms with Crippen LogP contribution < -0.4 is 5.32 Å². The molecule has 0 spiro atoms. The minimum Gasteiger partial charge on any atom is -0.396 e. The van der Waals surface area contributed by atoms with Crippen molar-refractivity contribution in [1.82, 2.24) is 5.32 Å². The maximum atomic E-state index is 13.0. The lowest BCUT2D eigenvalue weighted by Gasteiger charge is -2.37. The van der Waals surface area contributed by atoms with Crippen LogP contribution in [0.25, 0.3) is 0 Å². The van der Waals surface area contributed by atoms with Gasteiger partial charge in [-0.25, -0.2) is 4.39 Å². The maximum absolute atomic E-state index is 13.0. The Bertz CT molecular complexity index is 401. The average Bonchev–Trinajstić information content (AvgIpc) is 2.50. The predicted octanol–water partition coefficient (Wildman–Crippen LogP) is 2.66. The van der Waals surface area contributed by atoms with Gasteiger partial charge in [-0.15, -0.1) is 0 Å². The van der Waals surface area contributed by atoms with Crippen LogP contribution in [-0.2, 0) is 4.74 Å². The largest absolute Gasteiger partial charge is 0.396 e. The standard InChI is InChI=1S/C16H24FNO2/c1-2-15(13-3-5-14(17)6-4-13)18-11-16(12-19)7-9-20-10-8-16/h3-6,15,18-19H,2,7-12H2,1H3. The number of ether oxygens (including phenoxy) is 1. The molecule has 20 heavy (non-hydrogen) atoms. The topological polar surface area (TPSA) is 41.5 Å². The lowest BCUT2D eigenvalue weighted by Crippen LogP contribution is -2.42. The molecule has 1 saturated heterocycles. The molecular weight excluding hydrogens is 257 g/mol. The Hall–Kier alpha value is -0.970. The van der Waals surface area contributed by atoms with Crippen molar-refractivity contribution >= 4 is 0 Å². The van der Waals surface area contributed by atoms with Crippen LogP contribution in [0.3, 0.4) is 0 Å². The van der Waals surface area contributed by atoms with Gasteiger partial charge in [0.2, 0.25) is 0 Å². The van der Waals surface area contributed by atoms with E-state index in [9.17, 15) is 9.50 Å². The Balaban J connectivity index is 1.97. The third-order valence-corrected chi connectivity index (χ3v) is 4.29. The summed E-state index contributed by atoms with van der Waals surface area (Å²) >= 11 is 0. The molecule has 1 fully saturated rings. The monoisotopic (exact) mass is 281 g/mol. The lowest BCUT2D eigenvalue weighted by molar-refractivity contribution is -0.0166. The molecule has 1 aromatic rings. The Morgan fingerprint density at radius 1 is 1.30 bits per heavy atom. The van der Waals surface area contributed by atoms with Crippen LogP contribution in [0, 0.1) is 11.2 Å². The number of nitrogens with one attached hydrogen (secondary N) is 1. The second-order valence-corrected chi connectivity index (χ2v) is 5.66. The van der Waals surface area contributed by atoms with Crippen LogP contribution in [0.2, 0.25) is 0 Å². The minimum absolute atomic E-state index is 0.0777. The van der Waals surface area contributed by atoms with Gasteiger partial charge in [-0.3, -0.25) is 0 Å². The van der Waals surface area contributed by atoms with E-state index in [4.69, 9.17) is 4.74 Å². The number of aliphatic hydroxyl groups excluding tert-OH is 1. The predicted molar refractivity (Wildman–Crippen MR) is 77.0 cm³/mol. The first-order chi connectivity index (χ1) is 9.69. The molecule has 0 bridgehead atoms. The first kappa shape index (κ1) is 15.4. The van der Waals surface area contributed by atoms with E-state index in [0.717, 1.165) is 44.6 Å². The summed E-state index contributed by atoms with van der Waals surface area (Å²) in [5.41, 5.74) is 1.01. The van der Waals surface area contributed by atoms with Crippen molar-refractivity contribution in [2.24, 2.45) is 5.41 Å². The molecule has 112 valence electrons. The quantitative estimate of drug-likeness (QED) is 0.842. The van der Waals surface area contributed by atoms with Gasteiger partial charge in [0.1, 0.15) is 5.82 Å². The van der Waals surface area contributed by atoms with E-state index in [1.165, 1.54) is 12.1 Å². The van der Waals surface area contributed by atoms with Crippen molar-refractivity contribution in [3.63, 3.8) is 0 Å². The normalized spacial score (nSPS) is 19.8. The van der Waals surface area contributed by atoms with Crippen LogP contribution in [0.15, 0.2) is 24.3 Å². The maximum Gasteiger partial charge on any atom is 0.123 e. The zero-order valence-electron chi connectivity index (χ0n) is 12.1. The summed E-state index contributed by atoms with van der Waals surface area (Å²) in [5.74, 6) is -0.208. The van der Waals surface area contributed by atoms with Crippen LogP contribution >= 0.6 is 0 Å². The second-order valence-electron chi connectivity index (χ2n) is 5.66. The molecule has 2 N–H and O–H groups in total. The van der Waals surface area contributed by atoms with Gasteiger partial charge >= 0.3 is 0 Å². The molecule has 1 aliphatic rings. The van der Waals surface area contributed by atoms with Crippen molar-refractivity contribution in [3.05, 3.63) is 35.6 Å². The van der Waals surface area contributed by atoms with Crippen molar-refractivity contribution < 1.29 is 14.2 Å². The zero-order chi connectivity index (χ0) is 14.4. The lowest BCUT2D eigenvalue weighted by atomic mass is 9.80. The smallest absolute Gasteiger partial charge is 0.123 e. The Kier molecular flexibility index (Phi) is 5.52. The van der Waals surface area contributed by atoms with Crippen molar-refractivity contribution in [2.75, 3.05) is 26.4 Å². The van der Waals surface area contributed by atoms with Crippen molar-refractivity contribution in [2.45, 2.75) is 32.2 Å². The van der Waals surface area contributed by atoms with Crippen LogP contribution in [0.4, 0.5) is 4.39 Å². The molecule has 1 atom stereocenters. The van der Waals surface area contributed by atoms with Crippen LogP contribution in [-0.4, -0.2) is 31.5 Å². The second kappa shape index (κ2) is 7.16. The molecule has 4 heteroatoms. The number of halogens is 1. The molecule has 3 nitrogen and oxygen atoms in total. The van der Waals surface area contributed by atoms with E-state index in [-0.39, 0.29) is 23.9 Å². The van der Waals surface area contributed by atoms with Crippen molar-refractivity contribution in [1.29, 1.82) is 0 Å². The van der Waals surface area contributed by atoms with E-state index >= 15 is 0 Å². The van der Waals surface area contributed by atoms with E-state index < -0.39 is 0 Å². The molecule has 0 aliphatic carbocycles. The molecule has 1 aromatic carbocycles. The molecule has 0 aromatic heterocycles. The van der Waals surface area contributed by atoms with E-state index in [0.29, 0.717) is 0 Å². The first-order valence-corrected chi connectivity index (χ1v) is 7.36. The van der Waals surface area contributed by atoms with Gasteiger partial charge < -0.3 is 15.2 Å². The Morgan fingerprint density at radius 2 is 1.95 bits per heavy atom. The molecule has 1 aliphatic heterocycles. The van der Waals surface area contributed by atoms with Gasteiger partial charge in [0.05, 0.1) is 6.61 Å². The highest BCUT2D eigenvalue weighted by molar-refractivity contribution is 5.19. The summed E-state index contributed by atoms with van der Waals surface area (Å²) in [7, 11) is 0. The highest BCUT2D eigenvalue weighted by atomic mass is 19.1. The Labute approximate surface area is 120 Å². The van der Waals surface area contributed by atoms with E-state index in [1.54, 1.807) is 0 Å². The molecular formula is C16H24FNO2. The first-order valence-electron chi connectivity index (χ1n) is 7.36. The number of hydrogen-bond donors (Lipinski definition) is 2. The summed E-state index contributed by atoms with van der Waals surface area (Å²) in [6, 6.07) is 6.84. The number of benzene rings is 1. The fourth-order valence-corrected chi connectivity index (χ4v) is 2.73. The van der Waals surface area contributed by atoms with Gasteiger partial charge in [-0.2, -0.15) is 0 Å². The van der Waals surface area contributed by atoms with Crippen molar-refractivity contribution in [3.8, 4) is 0 Å². The molecule has 1 heterocycles. The zero-order valence-corrected chi connectivity index (χ0v) is 12.1. The van der Waals surface area contributed by atoms with E-state index in [1.807, 2.05) is 12.1 Å². The van der Waals surface area contributed by atoms with Gasteiger partial charge in [-0.05, 0) is 37.0 Å². The highest BCUT2D eigenvalue weighted by Crippen LogP contribution is 2.30. The van der Waals surface area contributed by atoms with Gasteiger partial charge in [0, 0.05) is 31.2 Å². The third-order valence-electron chi connectivity index (χ3n) is 4.29. The summed E-state index contributed by atoms with van der Waals surface area (Å²) in [6.07, 6.45) is 2.70. The average molecular weight is 281 g/mol. The van der Waals surface area contributed by atoms with E-state index in [2.05, 4.69) is 12.2 Å². The number of rotatable bonds is 6. The summed E-state index contributed by atoms with van der Waals surface area (Å²) in [5, 5.41) is 13.2. The highest BCUT2D eigenvalue weighted by Gasteiger charge is 2.32. The molecule has 0 radical (unpaired) electrons. The Morgan fingerprint density at radius 3 is 2.50 bits per heavy atom. The number of hydrogen-bond acceptors (Lipinski definition) is 3. The fraction of sp³-hybridized carbons (Fsp3) is 0.625. The summed E-state index contributed by atoms with van der Waals surface area (Å²) in [4.78, 5) is 0. The SMILES string of the molecule is CCC(NCC1(CO)CCOCC1)c1ccc(F)cc1. The van der Waals surface area contributed by atoms with Crippen LogP contribution in [0.5, 0.6) is 0 Å². The molecule has 1 unspecified atom stereocenters. The molecule has 0 amide bonds. The van der Waals surface area contributed by atoms with Gasteiger partial charge in [0.15, 0.2) is 0 Å². The summed E-state index contributed by atoms with van der Waals surface area (Å²) in [6.45, 7) is 4.49. The minimum atomic E-state index is -0.208. The fourth-order valence-electron chi connectivity index (χ4n) is 2.73. The molecule has 2 rings (SSSR count). The van der Waals surface area contributed by atoms with Crippen LogP contribution in [0.1, 0.15) is 37.8 Å². The number of aliphatic hydroxyl groups is 1. The van der Waals surface area contributed by atoms with Gasteiger partial charge in [0.25, 0.3) is 0 Å².